The average Bonchev–Trinajstić information content (AvgIpc) is 2.36. The number of halogens is 2. The maximum atomic E-state index is 13.3. The third-order valence-corrected chi connectivity index (χ3v) is 3.18. The zero-order chi connectivity index (χ0) is 13.8. The summed E-state index contributed by atoms with van der Waals surface area (Å²) >= 11 is 0. The molecular weight excluding hydrogens is 252 g/mol. The first-order valence-corrected chi connectivity index (χ1v) is 6.30. The number of nitrogens with one attached hydrogen (secondary N) is 3. The SMILES string of the molecule is CC1CCC(NC(=O)Nc2ccc(F)cc2F)CN1. The minimum absolute atomic E-state index is 0.0275. The van der Waals surface area contributed by atoms with E-state index in [9.17, 15) is 13.6 Å². The van der Waals surface area contributed by atoms with Crippen LogP contribution in [-0.4, -0.2) is 24.7 Å². The van der Waals surface area contributed by atoms with Crippen LogP contribution < -0.4 is 16.0 Å². The van der Waals surface area contributed by atoms with Crippen molar-refractivity contribution >= 4 is 11.7 Å². The van der Waals surface area contributed by atoms with Crippen LogP contribution in [0.5, 0.6) is 0 Å². The summed E-state index contributed by atoms with van der Waals surface area (Å²) in [4.78, 5) is 11.7. The van der Waals surface area contributed by atoms with Gasteiger partial charge in [-0.2, -0.15) is 0 Å². The summed E-state index contributed by atoms with van der Waals surface area (Å²) < 4.78 is 26.1. The summed E-state index contributed by atoms with van der Waals surface area (Å²) in [6.45, 7) is 2.78. The molecule has 1 aromatic carbocycles. The van der Waals surface area contributed by atoms with E-state index in [0.29, 0.717) is 12.6 Å². The molecular formula is C13H17F2N3O. The highest BCUT2D eigenvalue weighted by Gasteiger charge is 2.19. The quantitative estimate of drug-likeness (QED) is 0.771. The van der Waals surface area contributed by atoms with Crippen LogP contribution >= 0.6 is 0 Å². The maximum absolute atomic E-state index is 13.3. The second kappa shape index (κ2) is 5.97. The van der Waals surface area contributed by atoms with Crippen LogP contribution in [0.1, 0.15) is 19.8 Å². The van der Waals surface area contributed by atoms with Crippen molar-refractivity contribution < 1.29 is 13.6 Å². The summed E-state index contributed by atoms with van der Waals surface area (Å²) in [5.74, 6) is -1.46. The van der Waals surface area contributed by atoms with E-state index in [0.717, 1.165) is 25.0 Å². The first-order chi connectivity index (χ1) is 9.04. The van der Waals surface area contributed by atoms with Gasteiger partial charge < -0.3 is 16.0 Å². The summed E-state index contributed by atoms with van der Waals surface area (Å²) in [5.41, 5.74) is -0.0314. The normalized spacial score (nSPS) is 22.9. The van der Waals surface area contributed by atoms with Crippen LogP contribution in [-0.2, 0) is 0 Å². The summed E-state index contributed by atoms with van der Waals surface area (Å²) in [7, 11) is 0. The van der Waals surface area contributed by atoms with Crippen LogP contribution in [0.4, 0.5) is 19.3 Å². The summed E-state index contributed by atoms with van der Waals surface area (Å²) in [6, 6.07) is 3.04. The van der Waals surface area contributed by atoms with Gasteiger partial charge in [0.1, 0.15) is 11.6 Å². The fourth-order valence-corrected chi connectivity index (χ4v) is 2.06. The molecule has 1 aliphatic rings. The van der Waals surface area contributed by atoms with Crippen LogP contribution in [0, 0.1) is 11.6 Å². The molecule has 104 valence electrons. The van der Waals surface area contributed by atoms with Crippen LogP contribution in [0.15, 0.2) is 18.2 Å². The summed E-state index contributed by atoms with van der Waals surface area (Å²) in [5, 5.41) is 8.39. The highest BCUT2D eigenvalue weighted by Crippen LogP contribution is 2.15. The Morgan fingerprint density at radius 3 is 2.79 bits per heavy atom. The fraction of sp³-hybridized carbons (Fsp3) is 0.462. The maximum Gasteiger partial charge on any atom is 0.319 e. The van der Waals surface area contributed by atoms with E-state index in [2.05, 4.69) is 22.9 Å². The lowest BCUT2D eigenvalue weighted by Gasteiger charge is -2.28. The molecule has 0 saturated carbocycles. The topological polar surface area (TPSA) is 53.2 Å². The van der Waals surface area contributed by atoms with Gasteiger partial charge in [0.25, 0.3) is 0 Å². The molecule has 1 heterocycles. The van der Waals surface area contributed by atoms with Crippen molar-refractivity contribution in [3.8, 4) is 0 Å². The first kappa shape index (κ1) is 13.7. The Balaban J connectivity index is 1.87. The van der Waals surface area contributed by atoms with Gasteiger partial charge >= 0.3 is 6.03 Å². The van der Waals surface area contributed by atoms with E-state index in [1.54, 1.807) is 0 Å². The van der Waals surface area contributed by atoms with Gasteiger partial charge in [0.15, 0.2) is 0 Å². The van der Waals surface area contributed by atoms with Gasteiger partial charge in [0.05, 0.1) is 5.69 Å². The minimum atomic E-state index is -0.787. The number of carbonyl (C=O) groups is 1. The first-order valence-electron chi connectivity index (χ1n) is 6.30. The Morgan fingerprint density at radius 2 is 2.16 bits per heavy atom. The van der Waals surface area contributed by atoms with Gasteiger partial charge in [-0.05, 0) is 31.9 Å². The Morgan fingerprint density at radius 1 is 1.37 bits per heavy atom. The number of hydrogen-bond donors (Lipinski definition) is 3. The predicted octanol–water partition coefficient (Wildman–Crippen LogP) is 2.23. The van der Waals surface area contributed by atoms with E-state index in [1.165, 1.54) is 6.07 Å². The van der Waals surface area contributed by atoms with Crippen molar-refractivity contribution in [1.82, 2.24) is 10.6 Å². The average molecular weight is 269 g/mol. The van der Waals surface area contributed by atoms with E-state index in [1.807, 2.05) is 0 Å². The third kappa shape index (κ3) is 3.89. The lowest BCUT2D eigenvalue weighted by atomic mass is 10.0. The highest BCUT2D eigenvalue weighted by atomic mass is 19.1. The van der Waals surface area contributed by atoms with Gasteiger partial charge in [0.2, 0.25) is 0 Å². The van der Waals surface area contributed by atoms with Gasteiger partial charge in [0, 0.05) is 24.7 Å². The van der Waals surface area contributed by atoms with Crippen molar-refractivity contribution in [2.24, 2.45) is 0 Å². The molecule has 1 fully saturated rings. The molecule has 2 unspecified atom stereocenters. The van der Waals surface area contributed by atoms with Gasteiger partial charge in [-0.1, -0.05) is 0 Å². The number of piperidine rings is 1. The van der Waals surface area contributed by atoms with Crippen molar-refractivity contribution in [3.63, 3.8) is 0 Å². The van der Waals surface area contributed by atoms with Gasteiger partial charge in [-0.25, -0.2) is 13.6 Å². The molecule has 0 bridgehead atoms. The molecule has 2 amide bonds. The largest absolute Gasteiger partial charge is 0.334 e. The molecule has 4 nitrogen and oxygen atoms in total. The number of rotatable bonds is 2. The second-order valence-corrected chi connectivity index (χ2v) is 4.81. The second-order valence-electron chi connectivity index (χ2n) is 4.81. The van der Waals surface area contributed by atoms with E-state index < -0.39 is 17.7 Å². The Labute approximate surface area is 110 Å². The molecule has 1 aliphatic heterocycles. The molecule has 1 aromatic rings. The van der Waals surface area contributed by atoms with E-state index in [-0.39, 0.29) is 11.7 Å². The molecule has 2 rings (SSSR count). The number of hydrogen-bond acceptors (Lipinski definition) is 2. The third-order valence-electron chi connectivity index (χ3n) is 3.18. The zero-order valence-electron chi connectivity index (χ0n) is 10.7. The lowest BCUT2D eigenvalue weighted by molar-refractivity contribution is 0.243. The Hall–Kier alpha value is -1.69. The van der Waals surface area contributed by atoms with Crippen LogP contribution in [0.2, 0.25) is 0 Å². The smallest absolute Gasteiger partial charge is 0.319 e. The molecule has 1 saturated heterocycles. The number of benzene rings is 1. The van der Waals surface area contributed by atoms with Gasteiger partial charge in [-0.3, -0.25) is 0 Å². The van der Waals surface area contributed by atoms with Crippen molar-refractivity contribution in [1.29, 1.82) is 0 Å². The Kier molecular flexibility index (Phi) is 4.31. The highest BCUT2D eigenvalue weighted by molar-refractivity contribution is 5.89. The number of amides is 2. The van der Waals surface area contributed by atoms with E-state index in [4.69, 9.17) is 0 Å². The lowest BCUT2D eigenvalue weighted by Crippen LogP contribution is -2.49. The van der Waals surface area contributed by atoms with Crippen molar-refractivity contribution in [2.45, 2.75) is 31.8 Å². The monoisotopic (exact) mass is 269 g/mol. The molecule has 6 heteroatoms. The van der Waals surface area contributed by atoms with Crippen molar-refractivity contribution in [2.75, 3.05) is 11.9 Å². The molecule has 3 N–H and O–H groups in total. The van der Waals surface area contributed by atoms with Crippen LogP contribution in [0.25, 0.3) is 0 Å². The fourth-order valence-electron chi connectivity index (χ4n) is 2.06. The van der Waals surface area contributed by atoms with Gasteiger partial charge in [-0.15, -0.1) is 0 Å². The minimum Gasteiger partial charge on any atom is -0.334 e. The molecule has 0 radical (unpaired) electrons. The molecule has 0 aromatic heterocycles. The Bertz CT molecular complexity index is 459. The van der Waals surface area contributed by atoms with Crippen molar-refractivity contribution in [3.05, 3.63) is 29.8 Å². The molecule has 0 aliphatic carbocycles. The number of urea groups is 1. The zero-order valence-corrected chi connectivity index (χ0v) is 10.7. The molecule has 19 heavy (non-hydrogen) atoms. The van der Waals surface area contributed by atoms with Crippen LogP contribution in [0.3, 0.4) is 0 Å². The number of carbonyl (C=O) groups excluding carboxylic acids is 1. The molecule has 2 atom stereocenters. The number of anilines is 1. The summed E-state index contributed by atoms with van der Waals surface area (Å²) in [6.07, 6.45) is 1.86. The standard InChI is InChI=1S/C13H17F2N3O/c1-8-2-4-10(7-16-8)17-13(19)18-12-5-3-9(14)6-11(12)15/h3,5-6,8,10,16H,2,4,7H2,1H3,(H2,17,18,19). The van der Waals surface area contributed by atoms with E-state index >= 15 is 0 Å². The molecule has 0 spiro atoms. The predicted molar refractivity (Wildman–Crippen MR) is 69.0 cm³/mol.